The van der Waals surface area contributed by atoms with E-state index >= 15 is 0 Å². The van der Waals surface area contributed by atoms with Crippen molar-refractivity contribution in [3.8, 4) is 0 Å². The molecule has 1 aromatic carbocycles. The third kappa shape index (κ3) is 2.78. The lowest BCUT2D eigenvalue weighted by atomic mass is 10.2. The molecule has 0 fully saturated rings. The third-order valence-corrected chi connectivity index (χ3v) is 3.68. The maximum Gasteiger partial charge on any atom is 0.276 e. The summed E-state index contributed by atoms with van der Waals surface area (Å²) in [6.45, 7) is 2.28. The van der Waals surface area contributed by atoms with Gasteiger partial charge < -0.3 is 10.6 Å². The van der Waals surface area contributed by atoms with E-state index in [1.807, 2.05) is 24.3 Å². The lowest BCUT2D eigenvalue weighted by Gasteiger charge is -2.17. The van der Waals surface area contributed by atoms with E-state index in [0.29, 0.717) is 17.9 Å². The summed E-state index contributed by atoms with van der Waals surface area (Å²) in [6.07, 6.45) is 0. The first kappa shape index (κ1) is 13.6. The highest BCUT2D eigenvalue weighted by molar-refractivity contribution is 9.10. The molecule has 1 heterocycles. The fourth-order valence-electron chi connectivity index (χ4n) is 1.74. The molecule has 6 heteroatoms. The van der Waals surface area contributed by atoms with Gasteiger partial charge in [0.25, 0.3) is 5.91 Å². The largest absolute Gasteiger partial charge is 0.395 e. The van der Waals surface area contributed by atoms with Gasteiger partial charge in [0, 0.05) is 18.1 Å². The van der Waals surface area contributed by atoms with Gasteiger partial charge in [-0.2, -0.15) is 5.10 Å². The smallest absolute Gasteiger partial charge is 0.276 e. The molecule has 0 bridgehead atoms. The lowest BCUT2D eigenvalue weighted by Crippen LogP contribution is -2.27. The molecule has 0 aliphatic carbocycles. The number of hydrogen-bond acceptors (Lipinski definition) is 3. The molecule has 0 radical (unpaired) electrons. The molecule has 0 atom stereocenters. The highest BCUT2D eigenvalue weighted by atomic mass is 79.9. The topological polar surface area (TPSA) is 75.0 Å². The number of halogens is 1. The van der Waals surface area contributed by atoms with Gasteiger partial charge in [-0.25, -0.2) is 0 Å². The lowest BCUT2D eigenvalue weighted by molar-refractivity contribution is 0.0780. The molecule has 100 valence electrons. The highest BCUT2D eigenvalue weighted by Gasteiger charge is 2.19. The number of aromatic nitrogens is 2. The number of carbonyl (C=O) groups excluding carboxylic acids is 1. The molecular formula is C13H15BrN4O. The Morgan fingerprint density at radius 1 is 1.47 bits per heavy atom. The van der Waals surface area contributed by atoms with Crippen LogP contribution in [-0.2, 0) is 6.54 Å². The minimum atomic E-state index is -0.197. The van der Waals surface area contributed by atoms with Gasteiger partial charge in [0.05, 0.1) is 11.4 Å². The Labute approximate surface area is 119 Å². The molecule has 0 aliphatic heterocycles. The zero-order chi connectivity index (χ0) is 14.0. The van der Waals surface area contributed by atoms with E-state index < -0.39 is 0 Å². The van der Waals surface area contributed by atoms with E-state index in [1.54, 1.807) is 18.9 Å². The summed E-state index contributed by atoms with van der Waals surface area (Å²) >= 11 is 3.46. The molecule has 0 unspecified atom stereocenters. The van der Waals surface area contributed by atoms with E-state index in [4.69, 9.17) is 5.73 Å². The molecule has 5 nitrogen and oxygen atoms in total. The van der Waals surface area contributed by atoms with Crippen molar-refractivity contribution in [3.05, 3.63) is 45.7 Å². The fourth-order valence-corrected chi connectivity index (χ4v) is 2.15. The maximum absolute atomic E-state index is 12.2. The summed E-state index contributed by atoms with van der Waals surface area (Å²) in [7, 11) is 1.73. The molecular weight excluding hydrogens is 308 g/mol. The number of nitrogens with one attached hydrogen (secondary N) is 1. The van der Waals surface area contributed by atoms with Crippen LogP contribution in [0.25, 0.3) is 0 Å². The van der Waals surface area contributed by atoms with Gasteiger partial charge in [-0.15, -0.1) is 0 Å². The molecule has 0 aliphatic rings. The molecule has 19 heavy (non-hydrogen) atoms. The zero-order valence-electron chi connectivity index (χ0n) is 10.8. The number of hydrogen-bond donors (Lipinski definition) is 2. The van der Waals surface area contributed by atoms with Crippen LogP contribution in [0.15, 0.2) is 28.7 Å². The summed E-state index contributed by atoms with van der Waals surface area (Å²) in [6, 6.07) is 7.78. The van der Waals surface area contributed by atoms with Crippen molar-refractivity contribution >= 4 is 27.5 Å². The molecule has 0 saturated heterocycles. The predicted molar refractivity (Wildman–Crippen MR) is 77.7 cm³/mol. The van der Waals surface area contributed by atoms with Gasteiger partial charge in [0.15, 0.2) is 5.69 Å². The average Bonchev–Trinajstić information content (AvgIpc) is 2.72. The van der Waals surface area contributed by atoms with Crippen LogP contribution in [0.5, 0.6) is 0 Å². The average molecular weight is 323 g/mol. The Morgan fingerprint density at radius 2 is 2.16 bits per heavy atom. The second kappa shape index (κ2) is 5.44. The second-order valence-corrected chi connectivity index (χ2v) is 5.22. The number of carbonyl (C=O) groups is 1. The first-order valence-electron chi connectivity index (χ1n) is 5.80. The SMILES string of the molecule is Cc1[nH]nc(C(=O)N(C)Cc2ccccc2Br)c1N. The van der Waals surface area contributed by atoms with Gasteiger partial charge in [0.1, 0.15) is 0 Å². The number of rotatable bonds is 3. The summed E-state index contributed by atoms with van der Waals surface area (Å²) < 4.78 is 0.973. The normalized spacial score (nSPS) is 10.5. The molecule has 1 amide bonds. The summed E-state index contributed by atoms with van der Waals surface area (Å²) in [4.78, 5) is 13.8. The number of aromatic amines is 1. The van der Waals surface area contributed by atoms with Crippen LogP contribution >= 0.6 is 15.9 Å². The molecule has 2 aromatic rings. The number of benzene rings is 1. The Morgan fingerprint density at radius 3 is 2.74 bits per heavy atom. The summed E-state index contributed by atoms with van der Waals surface area (Å²) in [5, 5.41) is 6.66. The van der Waals surface area contributed by atoms with E-state index in [0.717, 1.165) is 10.0 Å². The number of nitrogens with two attached hydrogens (primary N) is 1. The molecule has 0 spiro atoms. The quantitative estimate of drug-likeness (QED) is 0.910. The molecule has 3 N–H and O–H groups in total. The monoisotopic (exact) mass is 322 g/mol. The van der Waals surface area contributed by atoms with Gasteiger partial charge in [0.2, 0.25) is 0 Å². The number of H-pyrrole nitrogens is 1. The Hall–Kier alpha value is -1.82. The first-order chi connectivity index (χ1) is 9.00. The van der Waals surface area contributed by atoms with E-state index in [1.165, 1.54) is 0 Å². The van der Waals surface area contributed by atoms with Crippen molar-refractivity contribution in [2.24, 2.45) is 0 Å². The summed E-state index contributed by atoms with van der Waals surface area (Å²) in [5.74, 6) is -0.197. The van der Waals surface area contributed by atoms with Gasteiger partial charge in [-0.3, -0.25) is 9.89 Å². The second-order valence-electron chi connectivity index (χ2n) is 4.36. The van der Waals surface area contributed by atoms with Crippen molar-refractivity contribution in [2.45, 2.75) is 13.5 Å². The van der Waals surface area contributed by atoms with Crippen LogP contribution in [-0.4, -0.2) is 28.1 Å². The van der Waals surface area contributed by atoms with Crippen molar-refractivity contribution in [2.75, 3.05) is 12.8 Å². The maximum atomic E-state index is 12.2. The first-order valence-corrected chi connectivity index (χ1v) is 6.59. The Kier molecular flexibility index (Phi) is 3.90. The number of nitrogen functional groups attached to an aromatic ring is 1. The van der Waals surface area contributed by atoms with Crippen LogP contribution in [0.1, 0.15) is 21.7 Å². The van der Waals surface area contributed by atoms with E-state index in [2.05, 4.69) is 26.1 Å². The van der Waals surface area contributed by atoms with Crippen LogP contribution in [0.2, 0.25) is 0 Å². The highest BCUT2D eigenvalue weighted by Crippen LogP contribution is 2.19. The van der Waals surface area contributed by atoms with E-state index in [9.17, 15) is 4.79 Å². The van der Waals surface area contributed by atoms with Crippen molar-refractivity contribution in [1.29, 1.82) is 0 Å². The number of anilines is 1. The predicted octanol–water partition coefficient (Wildman–Crippen LogP) is 2.34. The minimum absolute atomic E-state index is 0.197. The van der Waals surface area contributed by atoms with Gasteiger partial charge >= 0.3 is 0 Å². The number of amides is 1. The van der Waals surface area contributed by atoms with Crippen molar-refractivity contribution < 1.29 is 4.79 Å². The van der Waals surface area contributed by atoms with Crippen LogP contribution in [0.3, 0.4) is 0 Å². The number of nitrogens with zero attached hydrogens (tertiary/aromatic N) is 2. The zero-order valence-corrected chi connectivity index (χ0v) is 12.4. The van der Waals surface area contributed by atoms with Crippen molar-refractivity contribution in [3.63, 3.8) is 0 Å². The van der Waals surface area contributed by atoms with Gasteiger partial charge in [-0.05, 0) is 18.6 Å². The minimum Gasteiger partial charge on any atom is -0.395 e. The molecule has 0 saturated carbocycles. The van der Waals surface area contributed by atoms with Crippen LogP contribution in [0.4, 0.5) is 5.69 Å². The number of aryl methyl sites for hydroxylation is 1. The van der Waals surface area contributed by atoms with Gasteiger partial charge in [-0.1, -0.05) is 34.1 Å². The molecule has 2 rings (SSSR count). The Balaban J connectivity index is 2.17. The molecule has 1 aromatic heterocycles. The van der Waals surface area contributed by atoms with Crippen molar-refractivity contribution in [1.82, 2.24) is 15.1 Å². The third-order valence-electron chi connectivity index (χ3n) is 2.91. The fraction of sp³-hybridized carbons (Fsp3) is 0.231. The van der Waals surface area contributed by atoms with E-state index in [-0.39, 0.29) is 11.6 Å². The van der Waals surface area contributed by atoms with Crippen LogP contribution in [0, 0.1) is 6.92 Å². The standard InChI is InChI=1S/C13H15BrN4O/c1-8-11(15)12(17-16-8)13(19)18(2)7-9-5-3-4-6-10(9)14/h3-6H,7,15H2,1-2H3,(H,16,17). The summed E-state index contributed by atoms with van der Waals surface area (Å²) in [5.41, 5.74) is 8.23. The Bertz CT molecular complexity index is 608. The van der Waals surface area contributed by atoms with Crippen LogP contribution < -0.4 is 5.73 Å².